The van der Waals surface area contributed by atoms with Crippen molar-refractivity contribution < 1.29 is 9.90 Å². The summed E-state index contributed by atoms with van der Waals surface area (Å²) in [6, 6.07) is 5.95. The van der Waals surface area contributed by atoms with Gasteiger partial charge in [0.05, 0.1) is 0 Å². The summed E-state index contributed by atoms with van der Waals surface area (Å²) in [6.07, 6.45) is 2.91. The van der Waals surface area contributed by atoms with Gasteiger partial charge in [-0.1, -0.05) is 24.6 Å². The van der Waals surface area contributed by atoms with E-state index in [0.717, 1.165) is 32.4 Å². The van der Waals surface area contributed by atoms with E-state index in [9.17, 15) is 9.90 Å². The Labute approximate surface area is 108 Å². The van der Waals surface area contributed by atoms with E-state index in [1.165, 1.54) is 16.7 Å². The molecule has 0 aliphatic carbocycles. The summed E-state index contributed by atoms with van der Waals surface area (Å²) in [7, 11) is 0. The lowest BCUT2D eigenvalue weighted by Gasteiger charge is -2.33. The zero-order chi connectivity index (χ0) is 13.1. The zero-order valence-corrected chi connectivity index (χ0v) is 11.1. The number of benzene rings is 1. The van der Waals surface area contributed by atoms with Crippen LogP contribution in [0, 0.1) is 13.8 Å². The van der Waals surface area contributed by atoms with E-state index in [1.54, 1.807) is 0 Å². The van der Waals surface area contributed by atoms with Gasteiger partial charge in [-0.15, -0.1) is 0 Å². The predicted octanol–water partition coefficient (Wildman–Crippen LogP) is 2.74. The lowest BCUT2D eigenvalue weighted by Crippen LogP contribution is -2.44. The molecule has 0 saturated carbocycles. The minimum Gasteiger partial charge on any atom is -0.480 e. The van der Waals surface area contributed by atoms with Gasteiger partial charge in [0, 0.05) is 6.54 Å². The lowest BCUT2D eigenvalue weighted by molar-refractivity contribution is -0.144. The summed E-state index contributed by atoms with van der Waals surface area (Å²) in [5.74, 6) is -0.680. The molecule has 1 aromatic carbocycles. The highest BCUT2D eigenvalue weighted by Crippen LogP contribution is 2.22. The number of hydrogen-bond acceptors (Lipinski definition) is 2. The van der Waals surface area contributed by atoms with Gasteiger partial charge in [-0.3, -0.25) is 9.69 Å². The molecule has 0 spiro atoms. The minimum atomic E-state index is -0.680. The fraction of sp³-hybridized carbons (Fsp3) is 0.533. The van der Waals surface area contributed by atoms with Crippen molar-refractivity contribution in [3.63, 3.8) is 0 Å². The molecule has 0 aromatic heterocycles. The Morgan fingerprint density at radius 2 is 2.00 bits per heavy atom. The van der Waals surface area contributed by atoms with Gasteiger partial charge in [-0.05, 0) is 49.9 Å². The molecule has 1 atom stereocenters. The Morgan fingerprint density at radius 1 is 1.33 bits per heavy atom. The summed E-state index contributed by atoms with van der Waals surface area (Å²) < 4.78 is 0. The van der Waals surface area contributed by atoms with E-state index in [0.29, 0.717) is 0 Å². The van der Waals surface area contributed by atoms with Crippen LogP contribution in [-0.2, 0) is 11.3 Å². The average molecular weight is 247 g/mol. The highest BCUT2D eigenvalue weighted by atomic mass is 16.4. The Hall–Kier alpha value is -1.35. The molecular formula is C15H21NO2. The number of hydrogen-bond donors (Lipinski definition) is 1. The molecule has 1 aliphatic heterocycles. The number of piperidine rings is 1. The lowest BCUT2D eigenvalue weighted by atomic mass is 9.98. The molecule has 3 heteroatoms. The largest absolute Gasteiger partial charge is 0.480 e. The third kappa shape index (κ3) is 2.72. The van der Waals surface area contributed by atoms with Crippen LogP contribution in [0.2, 0.25) is 0 Å². The number of carbonyl (C=O) groups is 1. The molecule has 1 fully saturated rings. The van der Waals surface area contributed by atoms with E-state index in [-0.39, 0.29) is 6.04 Å². The van der Waals surface area contributed by atoms with Crippen LogP contribution in [0.3, 0.4) is 0 Å². The first kappa shape index (κ1) is 13.1. The molecule has 1 aromatic rings. The number of aryl methyl sites for hydroxylation is 2. The fourth-order valence-electron chi connectivity index (χ4n) is 2.76. The van der Waals surface area contributed by atoms with Crippen molar-refractivity contribution in [3.8, 4) is 0 Å². The van der Waals surface area contributed by atoms with Gasteiger partial charge >= 0.3 is 5.97 Å². The molecule has 98 valence electrons. The molecule has 1 saturated heterocycles. The van der Waals surface area contributed by atoms with Gasteiger partial charge < -0.3 is 5.11 Å². The average Bonchev–Trinajstić information content (AvgIpc) is 2.34. The van der Waals surface area contributed by atoms with Crippen LogP contribution >= 0.6 is 0 Å². The molecule has 0 bridgehead atoms. The monoisotopic (exact) mass is 247 g/mol. The van der Waals surface area contributed by atoms with Gasteiger partial charge in [-0.25, -0.2) is 0 Å². The number of nitrogens with zero attached hydrogens (tertiary/aromatic N) is 1. The quantitative estimate of drug-likeness (QED) is 0.892. The standard InChI is InChI=1S/C15H21NO2/c1-11-6-5-7-12(2)13(11)10-16-9-4-3-8-14(16)15(17)18/h5-7,14H,3-4,8-10H2,1-2H3,(H,17,18). The van der Waals surface area contributed by atoms with Gasteiger partial charge in [0.2, 0.25) is 0 Å². The maximum absolute atomic E-state index is 11.3. The van der Waals surface area contributed by atoms with E-state index in [4.69, 9.17) is 0 Å². The van der Waals surface area contributed by atoms with Gasteiger partial charge in [0.15, 0.2) is 0 Å². The van der Waals surface area contributed by atoms with Crippen molar-refractivity contribution in [2.24, 2.45) is 0 Å². The molecule has 18 heavy (non-hydrogen) atoms. The van der Waals surface area contributed by atoms with Crippen LogP contribution in [0.15, 0.2) is 18.2 Å². The van der Waals surface area contributed by atoms with Crippen LogP contribution in [0.1, 0.15) is 36.0 Å². The summed E-state index contributed by atoms with van der Waals surface area (Å²) in [5, 5.41) is 9.28. The fourth-order valence-corrected chi connectivity index (χ4v) is 2.76. The second kappa shape index (κ2) is 5.53. The van der Waals surface area contributed by atoms with Crippen molar-refractivity contribution in [3.05, 3.63) is 34.9 Å². The van der Waals surface area contributed by atoms with Crippen molar-refractivity contribution in [2.75, 3.05) is 6.54 Å². The molecule has 0 radical (unpaired) electrons. The Balaban J connectivity index is 2.18. The second-order valence-electron chi connectivity index (χ2n) is 5.19. The number of carboxylic acids is 1. The van der Waals surface area contributed by atoms with Crippen LogP contribution in [0.4, 0.5) is 0 Å². The number of carboxylic acid groups (broad SMARTS) is 1. The van der Waals surface area contributed by atoms with Gasteiger partial charge in [-0.2, -0.15) is 0 Å². The normalized spacial score (nSPS) is 20.9. The van der Waals surface area contributed by atoms with Crippen LogP contribution in [0.5, 0.6) is 0 Å². The maximum atomic E-state index is 11.3. The maximum Gasteiger partial charge on any atom is 0.320 e. The highest BCUT2D eigenvalue weighted by molar-refractivity contribution is 5.73. The molecule has 1 aliphatic rings. The summed E-state index contributed by atoms with van der Waals surface area (Å²) in [5.41, 5.74) is 3.79. The first-order chi connectivity index (χ1) is 8.59. The molecular weight excluding hydrogens is 226 g/mol. The van der Waals surface area contributed by atoms with E-state index >= 15 is 0 Å². The molecule has 2 rings (SSSR count). The highest BCUT2D eigenvalue weighted by Gasteiger charge is 2.28. The van der Waals surface area contributed by atoms with Crippen LogP contribution in [0.25, 0.3) is 0 Å². The number of likely N-dealkylation sites (tertiary alicyclic amines) is 1. The smallest absolute Gasteiger partial charge is 0.320 e. The molecule has 1 unspecified atom stereocenters. The van der Waals surface area contributed by atoms with Crippen molar-refractivity contribution in [1.29, 1.82) is 0 Å². The second-order valence-corrected chi connectivity index (χ2v) is 5.19. The van der Waals surface area contributed by atoms with Gasteiger partial charge in [0.25, 0.3) is 0 Å². The van der Waals surface area contributed by atoms with Crippen molar-refractivity contribution >= 4 is 5.97 Å². The van der Waals surface area contributed by atoms with E-state index in [1.807, 2.05) is 0 Å². The molecule has 1 N–H and O–H groups in total. The summed E-state index contributed by atoms with van der Waals surface area (Å²) >= 11 is 0. The van der Waals surface area contributed by atoms with Crippen molar-refractivity contribution in [1.82, 2.24) is 4.90 Å². The summed E-state index contributed by atoms with van der Waals surface area (Å²) in [4.78, 5) is 13.4. The number of rotatable bonds is 3. The van der Waals surface area contributed by atoms with E-state index < -0.39 is 5.97 Å². The molecule has 3 nitrogen and oxygen atoms in total. The third-order valence-electron chi connectivity index (χ3n) is 3.90. The molecule has 0 amide bonds. The minimum absolute atomic E-state index is 0.308. The van der Waals surface area contributed by atoms with Gasteiger partial charge in [0.1, 0.15) is 6.04 Å². The Kier molecular flexibility index (Phi) is 4.02. The topological polar surface area (TPSA) is 40.5 Å². The SMILES string of the molecule is Cc1cccc(C)c1CN1CCCCC1C(=O)O. The first-order valence-corrected chi connectivity index (χ1v) is 6.61. The zero-order valence-electron chi connectivity index (χ0n) is 11.1. The van der Waals surface area contributed by atoms with Crippen LogP contribution in [-0.4, -0.2) is 28.6 Å². The predicted molar refractivity (Wildman–Crippen MR) is 71.6 cm³/mol. The third-order valence-corrected chi connectivity index (χ3v) is 3.90. The first-order valence-electron chi connectivity index (χ1n) is 6.61. The number of aliphatic carboxylic acids is 1. The summed E-state index contributed by atoms with van der Waals surface area (Å²) in [6.45, 7) is 5.85. The van der Waals surface area contributed by atoms with Crippen molar-refractivity contribution in [2.45, 2.75) is 45.7 Å². The molecule has 1 heterocycles. The Morgan fingerprint density at radius 3 is 2.61 bits per heavy atom. The van der Waals surface area contributed by atoms with E-state index in [2.05, 4.69) is 36.9 Å². The van der Waals surface area contributed by atoms with Crippen LogP contribution < -0.4 is 0 Å². The Bertz CT molecular complexity index is 422.